The summed E-state index contributed by atoms with van der Waals surface area (Å²) in [5.41, 5.74) is 6.09. The number of benzene rings is 3. The fourth-order valence-corrected chi connectivity index (χ4v) is 6.42. The van der Waals surface area contributed by atoms with E-state index in [-0.39, 0.29) is 18.3 Å². The number of piperidine rings is 1. The highest BCUT2D eigenvalue weighted by molar-refractivity contribution is 5.89. The van der Waals surface area contributed by atoms with Crippen LogP contribution in [0.1, 0.15) is 97.8 Å². The second-order valence-electron chi connectivity index (χ2n) is 12.7. The van der Waals surface area contributed by atoms with E-state index in [4.69, 9.17) is 18.9 Å². The van der Waals surface area contributed by atoms with E-state index in [0.717, 1.165) is 35.1 Å². The highest BCUT2D eigenvalue weighted by atomic mass is 16.5. The Kier molecular flexibility index (Phi) is 13.1. The third kappa shape index (κ3) is 8.97. The maximum atomic E-state index is 14.2. The van der Waals surface area contributed by atoms with Crippen LogP contribution in [-0.4, -0.2) is 56.0 Å². The number of likely N-dealkylation sites (tertiary alicyclic amines) is 1. The lowest BCUT2D eigenvalue weighted by Gasteiger charge is -2.37. The average Bonchev–Trinajstić information content (AvgIpc) is 3.10. The van der Waals surface area contributed by atoms with Crippen LogP contribution < -0.4 is 14.2 Å². The molecule has 258 valence electrons. The molecule has 3 atom stereocenters. The minimum Gasteiger partial charge on any atom is -0.493 e. The van der Waals surface area contributed by atoms with Gasteiger partial charge in [-0.05, 0) is 111 Å². The van der Waals surface area contributed by atoms with Crippen LogP contribution in [0.15, 0.2) is 54.6 Å². The predicted molar refractivity (Wildman–Crippen MR) is 187 cm³/mol. The number of amides is 1. The first-order valence-electron chi connectivity index (χ1n) is 17.1. The topological polar surface area (TPSA) is 91.4 Å². The molecule has 8 nitrogen and oxygen atoms in total. The zero-order valence-electron chi connectivity index (χ0n) is 29.6. The fraction of sp³-hybridized carbons (Fsp3) is 0.475. The number of ketones is 1. The van der Waals surface area contributed by atoms with Crippen molar-refractivity contribution in [3.8, 4) is 17.2 Å². The summed E-state index contributed by atoms with van der Waals surface area (Å²) in [7, 11) is 3.19. The first-order valence-corrected chi connectivity index (χ1v) is 17.1. The molecule has 1 aliphatic rings. The summed E-state index contributed by atoms with van der Waals surface area (Å²) in [5, 5.41) is 0. The molecule has 0 spiro atoms. The van der Waals surface area contributed by atoms with Gasteiger partial charge in [0.2, 0.25) is 5.91 Å². The Morgan fingerprint density at radius 2 is 1.67 bits per heavy atom. The van der Waals surface area contributed by atoms with Crippen molar-refractivity contribution in [1.29, 1.82) is 0 Å². The lowest BCUT2D eigenvalue weighted by atomic mass is 9.91. The van der Waals surface area contributed by atoms with Gasteiger partial charge in [0.25, 0.3) is 0 Å². The summed E-state index contributed by atoms with van der Waals surface area (Å²) in [4.78, 5) is 42.0. The maximum Gasteiger partial charge on any atom is 0.329 e. The van der Waals surface area contributed by atoms with Crippen molar-refractivity contribution in [2.24, 2.45) is 0 Å². The average molecular weight is 658 g/mol. The molecule has 1 heterocycles. The van der Waals surface area contributed by atoms with Gasteiger partial charge in [0.1, 0.15) is 24.5 Å². The number of nitrogens with zero attached hydrogens (tertiary/aromatic N) is 1. The van der Waals surface area contributed by atoms with Crippen LogP contribution in [0.3, 0.4) is 0 Å². The summed E-state index contributed by atoms with van der Waals surface area (Å²) < 4.78 is 23.2. The molecule has 3 aromatic rings. The monoisotopic (exact) mass is 657 g/mol. The highest BCUT2D eigenvalue weighted by Crippen LogP contribution is 2.37. The number of methoxy groups -OCH3 is 2. The zero-order chi connectivity index (χ0) is 34.8. The van der Waals surface area contributed by atoms with Gasteiger partial charge >= 0.3 is 5.97 Å². The van der Waals surface area contributed by atoms with E-state index in [9.17, 15) is 14.4 Å². The van der Waals surface area contributed by atoms with Gasteiger partial charge in [-0.25, -0.2) is 4.79 Å². The predicted octanol–water partition coefficient (Wildman–Crippen LogP) is 7.78. The van der Waals surface area contributed by atoms with Crippen LogP contribution in [0.4, 0.5) is 0 Å². The molecule has 3 aromatic carbocycles. The van der Waals surface area contributed by atoms with Crippen LogP contribution in [0.25, 0.3) is 0 Å². The van der Waals surface area contributed by atoms with Gasteiger partial charge in [-0.15, -0.1) is 0 Å². The number of ether oxygens (including phenoxy) is 4. The molecule has 0 saturated carbocycles. The van der Waals surface area contributed by atoms with E-state index in [1.807, 2.05) is 44.2 Å². The highest BCUT2D eigenvalue weighted by Gasteiger charge is 2.38. The molecule has 1 fully saturated rings. The summed E-state index contributed by atoms with van der Waals surface area (Å²) in [6.45, 7) is 10.4. The Morgan fingerprint density at radius 1 is 0.875 bits per heavy atom. The number of carbonyl (C=O) groups is 3. The van der Waals surface area contributed by atoms with Crippen molar-refractivity contribution in [3.63, 3.8) is 0 Å². The Bertz CT molecular complexity index is 1580. The summed E-state index contributed by atoms with van der Waals surface area (Å²) in [5.74, 6) is 0.830. The largest absolute Gasteiger partial charge is 0.493 e. The van der Waals surface area contributed by atoms with Crippen LogP contribution in [0.2, 0.25) is 0 Å². The molecule has 1 saturated heterocycles. The van der Waals surface area contributed by atoms with Gasteiger partial charge in [-0.1, -0.05) is 50.2 Å². The first-order chi connectivity index (χ1) is 23.1. The molecule has 0 bridgehead atoms. The van der Waals surface area contributed by atoms with Crippen LogP contribution in [0, 0.1) is 20.8 Å². The van der Waals surface area contributed by atoms with Crippen LogP contribution in [-0.2, 0) is 25.5 Å². The number of rotatable bonds is 15. The van der Waals surface area contributed by atoms with E-state index < -0.39 is 24.0 Å². The number of hydrogen-bond donors (Lipinski definition) is 0. The Hall–Kier alpha value is -4.33. The quantitative estimate of drug-likeness (QED) is 0.154. The van der Waals surface area contributed by atoms with Crippen molar-refractivity contribution in [2.75, 3.05) is 27.4 Å². The first kappa shape index (κ1) is 36.5. The molecule has 4 rings (SSSR count). The van der Waals surface area contributed by atoms with E-state index in [1.165, 1.54) is 11.1 Å². The number of aryl methyl sites for hydroxylation is 4. The summed E-state index contributed by atoms with van der Waals surface area (Å²) in [6.07, 6.45) is 3.84. The summed E-state index contributed by atoms with van der Waals surface area (Å²) >= 11 is 0. The van der Waals surface area contributed by atoms with Gasteiger partial charge < -0.3 is 23.8 Å². The number of Topliss-reactive ketones (excluding diaryl/α,β-unsaturated/α-hetero) is 1. The Balaban J connectivity index is 1.59. The second-order valence-corrected chi connectivity index (χ2v) is 12.7. The lowest BCUT2D eigenvalue weighted by molar-refractivity contribution is -0.162. The number of hydrogen-bond acceptors (Lipinski definition) is 7. The van der Waals surface area contributed by atoms with Crippen molar-refractivity contribution in [2.45, 2.75) is 97.6 Å². The molecular formula is C40H51NO7. The van der Waals surface area contributed by atoms with Gasteiger partial charge in [-0.3, -0.25) is 9.59 Å². The number of carbonyl (C=O) groups excluding carboxylic acids is 3. The van der Waals surface area contributed by atoms with Crippen molar-refractivity contribution in [3.05, 3.63) is 88.0 Å². The van der Waals surface area contributed by atoms with Crippen molar-refractivity contribution < 1.29 is 33.3 Å². The minimum atomic E-state index is -0.688. The van der Waals surface area contributed by atoms with Crippen LogP contribution >= 0.6 is 0 Å². The standard InChI is InChI=1S/C40H51NO7/c1-8-32(42)25-47-33-14-12-13-30(23-33)36(19-18-29-17-16-26(3)27(4)21-29)48-40(44)35-15-10-11-20-41(35)39(43)34(9-2)31-22-28(5)38(46-7)37(24-31)45-6/h12-14,16-17,21-24,34-36H,8-11,15,18-20,25H2,1-7H3/t34-,35-,36?/m0/s1. The van der Waals surface area contributed by atoms with Gasteiger partial charge in [0.15, 0.2) is 17.3 Å². The lowest BCUT2D eigenvalue weighted by Crippen LogP contribution is -2.50. The molecule has 1 unspecified atom stereocenters. The Labute approximate surface area is 285 Å². The van der Waals surface area contributed by atoms with E-state index in [0.29, 0.717) is 55.9 Å². The summed E-state index contributed by atoms with van der Waals surface area (Å²) in [6, 6.07) is 17.0. The molecule has 8 heteroatoms. The number of esters is 1. The molecule has 0 aliphatic carbocycles. The molecule has 0 aromatic heterocycles. The smallest absolute Gasteiger partial charge is 0.329 e. The molecule has 0 radical (unpaired) electrons. The SMILES string of the molecule is CCC(=O)COc1cccc(C(CCc2ccc(C)c(C)c2)OC(=O)[C@@H]2CCCCN2C(=O)[C@@H](CC)c2cc(C)c(OC)c(OC)c2)c1. The van der Waals surface area contributed by atoms with Crippen molar-refractivity contribution >= 4 is 17.7 Å². The van der Waals surface area contributed by atoms with Gasteiger partial charge in [0, 0.05) is 13.0 Å². The molecule has 48 heavy (non-hydrogen) atoms. The molecule has 1 aliphatic heterocycles. The van der Waals surface area contributed by atoms with E-state index in [1.54, 1.807) is 32.1 Å². The molecule has 0 N–H and O–H groups in total. The van der Waals surface area contributed by atoms with Crippen LogP contribution in [0.5, 0.6) is 17.2 Å². The second kappa shape index (κ2) is 17.2. The van der Waals surface area contributed by atoms with E-state index >= 15 is 0 Å². The normalized spacial score (nSPS) is 15.7. The zero-order valence-corrected chi connectivity index (χ0v) is 29.6. The van der Waals surface area contributed by atoms with Crippen molar-refractivity contribution in [1.82, 2.24) is 4.90 Å². The molecular weight excluding hydrogens is 606 g/mol. The minimum absolute atomic E-state index is 0.00815. The molecule has 1 amide bonds. The third-order valence-electron chi connectivity index (χ3n) is 9.40. The van der Waals surface area contributed by atoms with Gasteiger partial charge in [0.05, 0.1) is 20.1 Å². The van der Waals surface area contributed by atoms with Gasteiger partial charge in [-0.2, -0.15) is 0 Å². The Morgan fingerprint density at radius 3 is 2.35 bits per heavy atom. The van der Waals surface area contributed by atoms with E-state index in [2.05, 4.69) is 32.0 Å². The third-order valence-corrected chi connectivity index (χ3v) is 9.40. The maximum absolute atomic E-state index is 14.2. The fourth-order valence-electron chi connectivity index (χ4n) is 6.42.